The number of nitrogens with two attached hydrogens (primary N) is 2. The highest BCUT2D eigenvalue weighted by molar-refractivity contribution is 6.05. The number of likely N-dealkylation sites (N-methyl/N-ethyl adjacent to an activating group) is 1. The summed E-state index contributed by atoms with van der Waals surface area (Å²) in [5.74, 6) is 5.60. The van der Waals surface area contributed by atoms with Crippen LogP contribution in [0.1, 0.15) is 27.0 Å². The van der Waals surface area contributed by atoms with Gasteiger partial charge < -0.3 is 20.7 Å². The SMILES string of the molecule is COCCN(C)c1ccc(NC(=O)c2ccc(C)c(N(N)/C=C(\N)c3cccnc3)c2)cc1C(F)(F)F. The molecule has 2 aromatic carbocycles. The number of nitrogens with zero attached hydrogens (tertiary/aromatic N) is 3. The van der Waals surface area contributed by atoms with Gasteiger partial charge in [-0.25, -0.2) is 5.84 Å². The molecule has 0 aliphatic rings. The molecule has 11 heteroatoms. The molecule has 0 aliphatic heterocycles. The number of ether oxygens (including phenoxy) is 1. The molecule has 0 unspecified atom stereocenters. The monoisotopic (exact) mass is 514 g/mol. The van der Waals surface area contributed by atoms with E-state index in [1.165, 1.54) is 41.4 Å². The highest BCUT2D eigenvalue weighted by Crippen LogP contribution is 2.38. The van der Waals surface area contributed by atoms with E-state index in [0.29, 0.717) is 16.9 Å². The van der Waals surface area contributed by atoms with Gasteiger partial charge in [0.2, 0.25) is 0 Å². The number of hydrogen-bond donors (Lipinski definition) is 3. The number of benzene rings is 2. The lowest BCUT2D eigenvalue weighted by Crippen LogP contribution is -2.27. The predicted octanol–water partition coefficient (Wildman–Crippen LogP) is 4.38. The molecule has 3 aromatic rings. The number of rotatable bonds is 9. The van der Waals surface area contributed by atoms with Gasteiger partial charge in [0.15, 0.2) is 0 Å². The van der Waals surface area contributed by atoms with Crippen molar-refractivity contribution in [2.75, 3.05) is 42.5 Å². The molecular weight excluding hydrogens is 485 g/mol. The van der Waals surface area contributed by atoms with Crippen molar-refractivity contribution in [3.05, 3.63) is 89.4 Å². The van der Waals surface area contributed by atoms with Crippen molar-refractivity contribution < 1.29 is 22.7 Å². The Balaban J connectivity index is 1.85. The number of pyridine rings is 1. The molecule has 1 amide bonds. The number of aryl methyl sites for hydroxylation is 1. The van der Waals surface area contributed by atoms with Crippen molar-refractivity contribution in [1.82, 2.24) is 4.98 Å². The summed E-state index contributed by atoms with van der Waals surface area (Å²) in [6.45, 7) is 2.34. The number of hydrazine groups is 1. The minimum Gasteiger partial charge on any atom is -0.397 e. The van der Waals surface area contributed by atoms with Crippen molar-refractivity contribution in [2.45, 2.75) is 13.1 Å². The van der Waals surface area contributed by atoms with Gasteiger partial charge in [0.1, 0.15) is 0 Å². The van der Waals surface area contributed by atoms with E-state index < -0.39 is 17.6 Å². The van der Waals surface area contributed by atoms with E-state index in [-0.39, 0.29) is 30.1 Å². The van der Waals surface area contributed by atoms with E-state index in [1.807, 2.05) is 0 Å². The standard InChI is InChI=1S/C26H29F3N6O2/c1-17-6-7-18(13-24(17)35(31)16-22(30)19-5-4-10-32-15-19)25(36)33-20-8-9-23(34(2)11-12-37-3)21(14-20)26(27,28)29/h4-10,13-16H,11-12,30-31H2,1-3H3,(H,33,36)/b22-16-. The van der Waals surface area contributed by atoms with Crippen molar-refractivity contribution >= 4 is 28.7 Å². The first-order chi connectivity index (χ1) is 17.5. The number of carbonyl (C=O) groups excluding carboxylic acids is 1. The first-order valence-electron chi connectivity index (χ1n) is 11.3. The third kappa shape index (κ3) is 6.99. The van der Waals surface area contributed by atoms with Crippen LogP contribution < -0.4 is 26.8 Å². The smallest absolute Gasteiger partial charge is 0.397 e. The molecule has 1 heterocycles. The van der Waals surface area contributed by atoms with Crippen LogP contribution in [0.25, 0.3) is 5.70 Å². The number of aromatic nitrogens is 1. The summed E-state index contributed by atoms with van der Waals surface area (Å²) >= 11 is 0. The molecule has 1 aromatic heterocycles. The van der Waals surface area contributed by atoms with E-state index in [4.69, 9.17) is 16.3 Å². The molecule has 0 atom stereocenters. The highest BCUT2D eigenvalue weighted by Gasteiger charge is 2.35. The lowest BCUT2D eigenvalue weighted by Gasteiger charge is -2.24. The third-order valence-corrected chi connectivity index (χ3v) is 5.62. The number of carbonyl (C=O) groups is 1. The second-order valence-corrected chi connectivity index (χ2v) is 8.33. The first kappa shape index (κ1) is 27.5. The molecule has 0 radical (unpaired) electrons. The number of nitrogens with one attached hydrogen (secondary N) is 1. The minimum atomic E-state index is -4.62. The lowest BCUT2D eigenvalue weighted by atomic mass is 10.1. The lowest BCUT2D eigenvalue weighted by molar-refractivity contribution is -0.137. The van der Waals surface area contributed by atoms with Crippen LogP contribution in [0.5, 0.6) is 0 Å². The Morgan fingerprint density at radius 3 is 2.54 bits per heavy atom. The maximum atomic E-state index is 13.8. The van der Waals surface area contributed by atoms with Gasteiger partial charge in [0, 0.05) is 61.8 Å². The minimum absolute atomic E-state index is 0.00802. The van der Waals surface area contributed by atoms with Crippen LogP contribution in [-0.4, -0.2) is 38.2 Å². The number of anilines is 3. The normalized spacial score (nSPS) is 11.8. The molecular formula is C26H29F3N6O2. The van der Waals surface area contributed by atoms with Crippen LogP contribution in [0.2, 0.25) is 0 Å². The molecule has 0 bridgehead atoms. The Morgan fingerprint density at radius 1 is 1.14 bits per heavy atom. The summed E-state index contributed by atoms with van der Waals surface area (Å²) in [5.41, 5.74) is 7.73. The van der Waals surface area contributed by atoms with Gasteiger partial charge in [-0.2, -0.15) is 13.2 Å². The van der Waals surface area contributed by atoms with Crippen LogP contribution in [0.15, 0.2) is 67.1 Å². The quantitative estimate of drug-likeness (QED) is 0.287. The summed E-state index contributed by atoms with van der Waals surface area (Å²) in [6, 6.07) is 12.0. The predicted molar refractivity (Wildman–Crippen MR) is 139 cm³/mol. The molecule has 0 saturated carbocycles. The van der Waals surface area contributed by atoms with Gasteiger partial charge in [-0.15, -0.1) is 0 Å². The van der Waals surface area contributed by atoms with Gasteiger partial charge >= 0.3 is 6.18 Å². The Labute approximate surface area is 213 Å². The molecule has 3 rings (SSSR count). The summed E-state index contributed by atoms with van der Waals surface area (Å²) in [5, 5.41) is 3.82. The van der Waals surface area contributed by atoms with Crippen molar-refractivity contribution in [2.24, 2.45) is 11.6 Å². The average molecular weight is 515 g/mol. The zero-order chi connectivity index (χ0) is 27.2. The molecule has 37 heavy (non-hydrogen) atoms. The Bertz CT molecular complexity index is 1260. The number of hydrogen-bond acceptors (Lipinski definition) is 7. The molecule has 196 valence electrons. The summed E-state index contributed by atoms with van der Waals surface area (Å²) < 4.78 is 46.3. The first-order valence-corrected chi connectivity index (χ1v) is 11.3. The van der Waals surface area contributed by atoms with Gasteiger partial charge in [-0.3, -0.25) is 14.8 Å². The third-order valence-electron chi connectivity index (χ3n) is 5.62. The van der Waals surface area contributed by atoms with E-state index >= 15 is 0 Å². The van der Waals surface area contributed by atoms with Crippen LogP contribution in [0, 0.1) is 6.92 Å². The highest BCUT2D eigenvalue weighted by atomic mass is 19.4. The second kappa shape index (κ2) is 11.8. The summed E-state index contributed by atoms with van der Waals surface area (Å²) in [6.07, 6.45) is 0.0881. The van der Waals surface area contributed by atoms with Gasteiger partial charge in [-0.05, 0) is 55.0 Å². The Morgan fingerprint density at radius 2 is 1.89 bits per heavy atom. The zero-order valence-corrected chi connectivity index (χ0v) is 20.7. The Hall–Kier alpha value is -4.09. The summed E-state index contributed by atoms with van der Waals surface area (Å²) in [7, 11) is 3.02. The van der Waals surface area contributed by atoms with Gasteiger partial charge in [0.05, 0.1) is 23.6 Å². The van der Waals surface area contributed by atoms with E-state index in [9.17, 15) is 18.0 Å². The maximum Gasteiger partial charge on any atom is 0.418 e. The molecule has 0 spiro atoms. The molecule has 0 saturated heterocycles. The van der Waals surface area contributed by atoms with E-state index in [2.05, 4.69) is 10.3 Å². The van der Waals surface area contributed by atoms with E-state index in [0.717, 1.165) is 11.6 Å². The van der Waals surface area contributed by atoms with Crippen molar-refractivity contribution in [3.63, 3.8) is 0 Å². The van der Waals surface area contributed by atoms with Gasteiger partial charge in [-0.1, -0.05) is 6.07 Å². The molecule has 8 nitrogen and oxygen atoms in total. The van der Waals surface area contributed by atoms with Crippen LogP contribution in [0.4, 0.5) is 30.2 Å². The van der Waals surface area contributed by atoms with Gasteiger partial charge in [0.25, 0.3) is 5.91 Å². The fourth-order valence-electron chi connectivity index (χ4n) is 3.58. The van der Waals surface area contributed by atoms with Crippen molar-refractivity contribution in [3.8, 4) is 0 Å². The molecule has 0 aliphatic carbocycles. The second-order valence-electron chi connectivity index (χ2n) is 8.33. The van der Waals surface area contributed by atoms with Crippen molar-refractivity contribution in [1.29, 1.82) is 0 Å². The largest absolute Gasteiger partial charge is 0.418 e. The van der Waals surface area contributed by atoms with Crippen LogP contribution in [-0.2, 0) is 10.9 Å². The topological polar surface area (TPSA) is 110 Å². The fraction of sp³-hybridized carbons (Fsp3) is 0.231. The fourth-order valence-corrected chi connectivity index (χ4v) is 3.58. The maximum absolute atomic E-state index is 13.8. The number of amides is 1. The molecule has 0 fully saturated rings. The van der Waals surface area contributed by atoms with Crippen LogP contribution in [0.3, 0.4) is 0 Å². The average Bonchev–Trinajstić information content (AvgIpc) is 2.87. The summed E-state index contributed by atoms with van der Waals surface area (Å²) in [4.78, 5) is 18.4. The number of halogens is 3. The molecule has 5 N–H and O–H groups in total. The van der Waals surface area contributed by atoms with Crippen LogP contribution >= 0.6 is 0 Å². The Kier molecular flexibility index (Phi) is 8.74. The zero-order valence-electron chi connectivity index (χ0n) is 20.7. The number of alkyl halides is 3. The number of methoxy groups -OCH3 is 1. The van der Waals surface area contributed by atoms with E-state index in [1.54, 1.807) is 50.6 Å².